The first-order valence-corrected chi connectivity index (χ1v) is 8.39. The van der Waals surface area contributed by atoms with Gasteiger partial charge in [-0.15, -0.1) is 12.4 Å². The van der Waals surface area contributed by atoms with Crippen LogP contribution in [0.3, 0.4) is 0 Å². The fourth-order valence-electron chi connectivity index (χ4n) is 3.16. The third-order valence-electron chi connectivity index (χ3n) is 4.43. The molecule has 2 heterocycles. The molecule has 2 aromatic rings. The van der Waals surface area contributed by atoms with Gasteiger partial charge in [0.05, 0.1) is 7.11 Å². The minimum absolute atomic E-state index is 0. The van der Waals surface area contributed by atoms with E-state index in [0.717, 1.165) is 42.9 Å². The van der Waals surface area contributed by atoms with E-state index in [0.29, 0.717) is 12.5 Å². The number of para-hydroxylation sites is 1. The number of methoxy groups -OCH3 is 1. The molecule has 0 bridgehead atoms. The van der Waals surface area contributed by atoms with E-state index in [1.807, 2.05) is 35.0 Å². The number of hydrogen-bond donors (Lipinski definition) is 2. The molecule has 7 heteroatoms. The number of rotatable bonds is 6. The maximum Gasteiger partial charge on any atom is 0.242 e. The van der Waals surface area contributed by atoms with Gasteiger partial charge in [-0.25, -0.2) is 0 Å². The number of aromatic nitrogens is 2. The Hall–Kier alpha value is -2.05. The lowest BCUT2D eigenvalue weighted by atomic mass is 9.96. The number of amides is 1. The molecule has 1 saturated heterocycles. The van der Waals surface area contributed by atoms with E-state index in [4.69, 9.17) is 4.74 Å². The summed E-state index contributed by atoms with van der Waals surface area (Å²) >= 11 is 0. The van der Waals surface area contributed by atoms with E-state index < -0.39 is 0 Å². The molecule has 1 atom stereocenters. The Balaban J connectivity index is 0.00000225. The summed E-state index contributed by atoms with van der Waals surface area (Å²) < 4.78 is 7.12. The Bertz CT molecular complexity index is 683. The van der Waals surface area contributed by atoms with Crippen LogP contribution in [0.4, 0.5) is 0 Å². The van der Waals surface area contributed by atoms with E-state index in [1.54, 1.807) is 13.3 Å². The maximum atomic E-state index is 12.3. The molecule has 0 spiro atoms. The van der Waals surface area contributed by atoms with Crippen molar-refractivity contribution in [3.05, 3.63) is 47.8 Å². The number of nitrogens with zero attached hydrogens (tertiary/aromatic N) is 2. The summed E-state index contributed by atoms with van der Waals surface area (Å²) in [5.41, 5.74) is 2.10. The average Bonchev–Trinajstić information content (AvgIpc) is 3.09. The lowest BCUT2D eigenvalue weighted by molar-refractivity contribution is -0.122. The van der Waals surface area contributed by atoms with Crippen molar-refractivity contribution in [2.24, 2.45) is 0 Å². The molecular weight excluding hydrogens is 340 g/mol. The van der Waals surface area contributed by atoms with Gasteiger partial charge in [0.2, 0.25) is 5.91 Å². The summed E-state index contributed by atoms with van der Waals surface area (Å²) in [6, 6.07) is 9.71. The van der Waals surface area contributed by atoms with Gasteiger partial charge in [0.25, 0.3) is 0 Å². The van der Waals surface area contributed by atoms with Crippen LogP contribution in [0.25, 0.3) is 0 Å². The highest BCUT2D eigenvalue weighted by molar-refractivity contribution is 5.85. The summed E-state index contributed by atoms with van der Waals surface area (Å²) in [6.45, 7) is 2.72. The normalized spacial score (nSPS) is 16.8. The number of nitrogens with one attached hydrogen (secondary N) is 2. The topological polar surface area (TPSA) is 68.2 Å². The monoisotopic (exact) mass is 364 g/mol. The molecule has 1 aliphatic heterocycles. The number of carbonyl (C=O) groups excluding carboxylic acids is 1. The molecule has 0 radical (unpaired) electrons. The summed E-state index contributed by atoms with van der Waals surface area (Å²) in [7, 11) is 1.63. The molecular formula is C18H25ClN4O2. The van der Waals surface area contributed by atoms with Crippen LogP contribution in [0.5, 0.6) is 5.75 Å². The molecule has 1 aromatic carbocycles. The van der Waals surface area contributed by atoms with E-state index >= 15 is 0 Å². The van der Waals surface area contributed by atoms with Crippen LogP contribution in [-0.4, -0.2) is 35.9 Å². The number of benzene rings is 1. The molecule has 0 aliphatic carbocycles. The SMILES string of the molecule is COc1ccccc1CNC(=O)Cn1nccc1C1CCCNC1.Cl. The second-order valence-corrected chi connectivity index (χ2v) is 6.05. The van der Waals surface area contributed by atoms with E-state index in [1.165, 1.54) is 0 Å². The largest absolute Gasteiger partial charge is 0.496 e. The first-order valence-electron chi connectivity index (χ1n) is 8.39. The summed E-state index contributed by atoms with van der Waals surface area (Å²) in [5, 5.41) is 10.7. The fourth-order valence-corrected chi connectivity index (χ4v) is 3.16. The van der Waals surface area contributed by atoms with Crippen molar-refractivity contribution in [3.63, 3.8) is 0 Å². The Morgan fingerprint density at radius 1 is 1.40 bits per heavy atom. The molecule has 1 amide bonds. The molecule has 0 saturated carbocycles. The zero-order valence-corrected chi connectivity index (χ0v) is 15.2. The molecule has 2 N–H and O–H groups in total. The second-order valence-electron chi connectivity index (χ2n) is 6.05. The van der Waals surface area contributed by atoms with E-state index in [2.05, 4.69) is 15.7 Å². The molecule has 1 aliphatic rings. The number of ether oxygens (including phenoxy) is 1. The van der Waals surface area contributed by atoms with Gasteiger partial charge >= 0.3 is 0 Å². The number of halogens is 1. The zero-order valence-electron chi connectivity index (χ0n) is 14.4. The highest BCUT2D eigenvalue weighted by Gasteiger charge is 2.19. The van der Waals surface area contributed by atoms with Gasteiger partial charge in [-0.1, -0.05) is 18.2 Å². The van der Waals surface area contributed by atoms with Crippen LogP contribution in [0.1, 0.15) is 30.0 Å². The molecule has 1 fully saturated rings. The quantitative estimate of drug-likeness (QED) is 0.823. The van der Waals surface area contributed by atoms with Crippen molar-refractivity contribution in [1.29, 1.82) is 0 Å². The highest BCUT2D eigenvalue weighted by atomic mass is 35.5. The minimum Gasteiger partial charge on any atom is -0.496 e. The fraction of sp³-hybridized carbons (Fsp3) is 0.444. The predicted octanol–water partition coefficient (Wildman–Crippen LogP) is 2.10. The third kappa shape index (κ3) is 4.96. The van der Waals surface area contributed by atoms with Gasteiger partial charge in [-0.3, -0.25) is 9.48 Å². The summed E-state index contributed by atoms with van der Waals surface area (Å²) in [4.78, 5) is 12.3. The van der Waals surface area contributed by atoms with Crippen LogP contribution < -0.4 is 15.4 Å². The summed E-state index contributed by atoms with van der Waals surface area (Å²) in [5.74, 6) is 1.17. The first kappa shape index (κ1) is 19.3. The van der Waals surface area contributed by atoms with Gasteiger partial charge in [-0.2, -0.15) is 5.10 Å². The van der Waals surface area contributed by atoms with Crippen LogP contribution in [0.2, 0.25) is 0 Å². The van der Waals surface area contributed by atoms with Crippen molar-refractivity contribution in [2.75, 3.05) is 20.2 Å². The molecule has 136 valence electrons. The highest BCUT2D eigenvalue weighted by Crippen LogP contribution is 2.22. The average molecular weight is 365 g/mol. The van der Waals surface area contributed by atoms with Gasteiger partial charge in [0.1, 0.15) is 12.3 Å². The molecule has 25 heavy (non-hydrogen) atoms. The van der Waals surface area contributed by atoms with Crippen molar-refractivity contribution in [3.8, 4) is 5.75 Å². The Morgan fingerprint density at radius 2 is 2.24 bits per heavy atom. The standard InChI is InChI=1S/C18H24N4O2.ClH/c1-24-17-7-3-2-5-15(17)12-20-18(23)13-22-16(8-10-21-22)14-6-4-9-19-11-14;/h2-3,5,7-8,10,14,19H,4,6,9,11-13H2,1H3,(H,20,23);1H. The zero-order chi connectivity index (χ0) is 16.8. The number of piperidine rings is 1. The smallest absolute Gasteiger partial charge is 0.242 e. The molecule has 6 nitrogen and oxygen atoms in total. The van der Waals surface area contributed by atoms with Gasteiger partial charge in [0.15, 0.2) is 0 Å². The van der Waals surface area contributed by atoms with Crippen LogP contribution in [0, 0.1) is 0 Å². The predicted molar refractivity (Wildman–Crippen MR) is 99.2 cm³/mol. The Kier molecular flexibility index (Phi) is 7.28. The van der Waals surface area contributed by atoms with E-state index in [-0.39, 0.29) is 24.9 Å². The van der Waals surface area contributed by atoms with Crippen molar-refractivity contribution < 1.29 is 9.53 Å². The van der Waals surface area contributed by atoms with Crippen LogP contribution in [0.15, 0.2) is 36.5 Å². The van der Waals surface area contributed by atoms with E-state index in [9.17, 15) is 4.79 Å². The lowest BCUT2D eigenvalue weighted by Gasteiger charge is -2.23. The van der Waals surface area contributed by atoms with Gasteiger partial charge in [0, 0.05) is 36.5 Å². The van der Waals surface area contributed by atoms with Crippen molar-refractivity contribution in [2.45, 2.75) is 31.8 Å². The first-order chi connectivity index (χ1) is 11.8. The maximum absolute atomic E-state index is 12.3. The van der Waals surface area contributed by atoms with Crippen molar-refractivity contribution in [1.82, 2.24) is 20.4 Å². The molecule has 1 aromatic heterocycles. The number of hydrogen-bond acceptors (Lipinski definition) is 4. The van der Waals surface area contributed by atoms with Gasteiger partial charge < -0.3 is 15.4 Å². The second kappa shape index (κ2) is 9.44. The van der Waals surface area contributed by atoms with Crippen LogP contribution >= 0.6 is 12.4 Å². The van der Waals surface area contributed by atoms with Gasteiger partial charge in [-0.05, 0) is 31.5 Å². The Labute approximate surface area is 154 Å². The van der Waals surface area contributed by atoms with Crippen molar-refractivity contribution >= 4 is 18.3 Å². The summed E-state index contributed by atoms with van der Waals surface area (Å²) in [6.07, 6.45) is 4.08. The minimum atomic E-state index is -0.0466. The Morgan fingerprint density at radius 3 is 3.00 bits per heavy atom. The third-order valence-corrected chi connectivity index (χ3v) is 4.43. The molecule has 1 unspecified atom stereocenters. The number of carbonyl (C=O) groups is 1. The lowest BCUT2D eigenvalue weighted by Crippen LogP contribution is -2.32. The molecule has 3 rings (SSSR count). The van der Waals surface area contributed by atoms with Crippen LogP contribution in [-0.2, 0) is 17.9 Å².